The zero-order valence-corrected chi connectivity index (χ0v) is 10.5. The van der Waals surface area contributed by atoms with Gasteiger partial charge in [-0.1, -0.05) is 19.9 Å². The number of hydrogen-bond donors (Lipinski definition) is 1. The Morgan fingerprint density at radius 3 is 2.76 bits per heavy atom. The first-order chi connectivity index (χ1) is 8.16. The first-order valence-electron chi connectivity index (χ1n) is 5.84. The summed E-state index contributed by atoms with van der Waals surface area (Å²) in [6, 6.07) is 6.84. The Labute approximate surface area is 102 Å². The maximum absolute atomic E-state index is 4.12. The van der Waals surface area contributed by atoms with Crippen LogP contribution >= 0.6 is 0 Å². The van der Waals surface area contributed by atoms with Crippen LogP contribution in [0.4, 0.5) is 0 Å². The zero-order valence-electron chi connectivity index (χ0n) is 10.5. The van der Waals surface area contributed by atoms with E-state index in [1.807, 2.05) is 0 Å². The van der Waals surface area contributed by atoms with E-state index >= 15 is 0 Å². The molecule has 0 aliphatic carbocycles. The second-order valence-corrected chi connectivity index (χ2v) is 4.49. The molecule has 1 aromatic carbocycles. The minimum atomic E-state index is 0.504. The third-order valence-electron chi connectivity index (χ3n) is 2.71. The van der Waals surface area contributed by atoms with Crippen molar-refractivity contribution in [1.29, 1.82) is 0 Å². The highest BCUT2D eigenvalue weighted by atomic mass is 15.3. The lowest BCUT2D eigenvalue weighted by molar-refractivity contribution is 0.587. The van der Waals surface area contributed by atoms with Gasteiger partial charge in [0.15, 0.2) is 0 Å². The molecular weight excluding hydrogens is 212 g/mol. The monoisotopic (exact) mass is 230 g/mol. The SMILES string of the molecule is Cc1cc(-n2cncn2)ccc1CNC(C)C. The average molecular weight is 230 g/mol. The summed E-state index contributed by atoms with van der Waals surface area (Å²) in [5.74, 6) is 0. The van der Waals surface area contributed by atoms with Crippen molar-refractivity contribution in [3.63, 3.8) is 0 Å². The largest absolute Gasteiger partial charge is 0.310 e. The molecule has 1 N–H and O–H groups in total. The maximum Gasteiger partial charge on any atom is 0.138 e. The third-order valence-corrected chi connectivity index (χ3v) is 2.71. The van der Waals surface area contributed by atoms with Crippen molar-refractivity contribution in [3.05, 3.63) is 42.0 Å². The fraction of sp³-hybridized carbons (Fsp3) is 0.385. The Bertz CT molecular complexity index is 474. The first-order valence-corrected chi connectivity index (χ1v) is 5.84. The number of aromatic nitrogens is 3. The van der Waals surface area contributed by atoms with Gasteiger partial charge in [-0.15, -0.1) is 0 Å². The van der Waals surface area contributed by atoms with E-state index < -0.39 is 0 Å². The van der Waals surface area contributed by atoms with Gasteiger partial charge < -0.3 is 5.32 Å². The van der Waals surface area contributed by atoms with Gasteiger partial charge in [-0.05, 0) is 30.2 Å². The molecule has 2 rings (SSSR count). The van der Waals surface area contributed by atoms with E-state index in [0.717, 1.165) is 12.2 Å². The fourth-order valence-corrected chi connectivity index (χ4v) is 1.68. The predicted octanol–water partition coefficient (Wildman–Crippen LogP) is 2.07. The number of benzene rings is 1. The number of rotatable bonds is 4. The average Bonchev–Trinajstić information content (AvgIpc) is 2.80. The molecule has 2 aromatic rings. The third kappa shape index (κ3) is 2.91. The second kappa shape index (κ2) is 5.10. The number of hydrogen-bond acceptors (Lipinski definition) is 3. The normalized spacial score (nSPS) is 11.1. The molecule has 90 valence electrons. The summed E-state index contributed by atoms with van der Waals surface area (Å²) in [6.45, 7) is 7.33. The van der Waals surface area contributed by atoms with Crippen molar-refractivity contribution < 1.29 is 0 Å². The lowest BCUT2D eigenvalue weighted by Gasteiger charge is -2.11. The topological polar surface area (TPSA) is 42.7 Å². The molecule has 0 aliphatic rings. The van der Waals surface area contributed by atoms with E-state index in [2.05, 4.69) is 54.4 Å². The first kappa shape index (κ1) is 11.8. The highest BCUT2D eigenvalue weighted by Gasteiger charge is 2.02. The summed E-state index contributed by atoms with van der Waals surface area (Å²) in [5.41, 5.74) is 3.64. The van der Waals surface area contributed by atoms with Crippen molar-refractivity contribution in [2.24, 2.45) is 0 Å². The van der Waals surface area contributed by atoms with Crippen molar-refractivity contribution >= 4 is 0 Å². The summed E-state index contributed by atoms with van der Waals surface area (Å²) in [5, 5.41) is 7.54. The van der Waals surface area contributed by atoms with E-state index in [4.69, 9.17) is 0 Å². The minimum absolute atomic E-state index is 0.504. The standard InChI is InChI=1S/C13H18N4/c1-10(2)15-7-12-4-5-13(6-11(12)3)17-9-14-8-16-17/h4-6,8-10,15H,7H2,1-3H3. The number of nitrogens with zero attached hydrogens (tertiary/aromatic N) is 3. The van der Waals surface area contributed by atoms with Gasteiger partial charge in [0.25, 0.3) is 0 Å². The minimum Gasteiger partial charge on any atom is -0.310 e. The second-order valence-electron chi connectivity index (χ2n) is 4.49. The van der Waals surface area contributed by atoms with Crippen LogP contribution in [0.2, 0.25) is 0 Å². The highest BCUT2D eigenvalue weighted by Crippen LogP contribution is 2.13. The molecular formula is C13H18N4. The molecule has 0 saturated heterocycles. The van der Waals surface area contributed by atoms with Crippen molar-refractivity contribution in [1.82, 2.24) is 20.1 Å². The molecule has 0 unspecified atom stereocenters. The van der Waals surface area contributed by atoms with Crippen LogP contribution in [0, 0.1) is 6.92 Å². The fourth-order valence-electron chi connectivity index (χ4n) is 1.68. The van der Waals surface area contributed by atoms with Crippen LogP contribution in [-0.4, -0.2) is 20.8 Å². The van der Waals surface area contributed by atoms with Crippen LogP contribution in [-0.2, 0) is 6.54 Å². The highest BCUT2D eigenvalue weighted by molar-refractivity contribution is 5.39. The Kier molecular flexibility index (Phi) is 3.54. The van der Waals surface area contributed by atoms with E-state index in [1.54, 1.807) is 17.3 Å². The van der Waals surface area contributed by atoms with Crippen LogP contribution in [0.5, 0.6) is 0 Å². The Morgan fingerprint density at radius 2 is 2.18 bits per heavy atom. The lowest BCUT2D eigenvalue weighted by atomic mass is 10.1. The van der Waals surface area contributed by atoms with E-state index in [1.165, 1.54) is 11.1 Å². The van der Waals surface area contributed by atoms with Gasteiger partial charge in [0.05, 0.1) is 5.69 Å². The molecule has 1 aromatic heterocycles. The molecule has 0 spiro atoms. The number of aryl methyl sites for hydroxylation is 1. The smallest absolute Gasteiger partial charge is 0.138 e. The molecule has 0 bridgehead atoms. The zero-order chi connectivity index (χ0) is 12.3. The summed E-state index contributed by atoms with van der Waals surface area (Å²) in [4.78, 5) is 3.95. The summed E-state index contributed by atoms with van der Waals surface area (Å²) < 4.78 is 1.77. The van der Waals surface area contributed by atoms with Crippen LogP contribution < -0.4 is 5.32 Å². The molecule has 4 heteroatoms. The van der Waals surface area contributed by atoms with Gasteiger partial charge in [0, 0.05) is 12.6 Å². The lowest BCUT2D eigenvalue weighted by Crippen LogP contribution is -2.22. The van der Waals surface area contributed by atoms with Crippen LogP contribution in [0.15, 0.2) is 30.9 Å². The van der Waals surface area contributed by atoms with Crippen molar-refractivity contribution in [2.75, 3.05) is 0 Å². The molecule has 0 fully saturated rings. The van der Waals surface area contributed by atoms with E-state index in [-0.39, 0.29) is 0 Å². The predicted molar refractivity (Wildman–Crippen MR) is 68.1 cm³/mol. The van der Waals surface area contributed by atoms with E-state index in [0.29, 0.717) is 6.04 Å². The van der Waals surface area contributed by atoms with Gasteiger partial charge in [0.2, 0.25) is 0 Å². The van der Waals surface area contributed by atoms with Gasteiger partial charge >= 0.3 is 0 Å². The number of nitrogens with one attached hydrogen (secondary N) is 1. The van der Waals surface area contributed by atoms with Crippen molar-refractivity contribution in [2.45, 2.75) is 33.4 Å². The Balaban J connectivity index is 2.17. The Morgan fingerprint density at radius 1 is 1.35 bits per heavy atom. The van der Waals surface area contributed by atoms with Crippen LogP contribution in [0.1, 0.15) is 25.0 Å². The van der Waals surface area contributed by atoms with Gasteiger partial charge in [-0.3, -0.25) is 0 Å². The van der Waals surface area contributed by atoms with Crippen LogP contribution in [0.3, 0.4) is 0 Å². The van der Waals surface area contributed by atoms with Gasteiger partial charge in [-0.25, -0.2) is 9.67 Å². The molecule has 0 amide bonds. The molecule has 0 radical (unpaired) electrons. The van der Waals surface area contributed by atoms with Crippen molar-refractivity contribution in [3.8, 4) is 5.69 Å². The quantitative estimate of drug-likeness (QED) is 0.874. The molecule has 1 heterocycles. The Hall–Kier alpha value is -1.68. The van der Waals surface area contributed by atoms with Crippen LogP contribution in [0.25, 0.3) is 5.69 Å². The van der Waals surface area contributed by atoms with Gasteiger partial charge in [-0.2, -0.15) is 5.10 Å². The summed E-state index contributed by atoms with van der Waals surface area (Å²) in [6.07, 6.45) is 3.25. The molecule has 17 heavy (non-hydrogen) atoms. The molecule has 4 nitrogen and oxygen atoms in total. The van der Waals surface area contributed by atoms with Gasteiger partial charge in [0.1, 0.15) is 12.7 Å². The summed E-state index contributed by atoms with van der Waals surface area (Å²) >= 11 is 0. The molecule has 0 saturated carbocycles. The molecule has 0 atom stereocenters. The maximum atomic E-state index is 4.12. The molecule has 0 aliphatic heterocycles. The van der Waals surface area contributed by atoms with E-state index in [9.17, 15) is 0 Å². The summed E-state index contributed by atoms with van der Waals surface area (Å²) in [7, 11) is 0.